The molecule has 2 aromatic rings. The van der Waals surface area contributed by atoms with Gasteiger partial charge in [-0.3, -0.25) is 14.7 Å². The number of nitrogens with one attached hydrogen (secondary N) is 1. The van der Waals surface area contributed by atoms with Crippen LogP contribution in [-0.4, -0.2) is 26.4 Å². The van der Waals surface area contributed by atoms with Crippen molar-refractivity contribution in [1.82, 2.24) is 19.9 Å². The highest BCUT2D eigenvalue weighted by molar-refractivity contribution is 5.22. The second-order valence-corrected chi connectivity index (χ2v) is 5.85. The van der Waals surface area contributed by atoms with E-state index in [1.807, 2.05) is 26.1 Å². The highest BCUT2D eigenvalue weighted by Crippen LogP contribution is 2.18. The van der Waals surface area contributed by atoms with E-state index in [0.717, 1.165) is 43.1 Å². The van der Waals surface area contributed by atoms with E-state index in [1.54, 1.807) is 6.20 Å². The van der Waals surface area contributed by atoms with E-state index >= 15 is 0 Å². The van der Waals surface area contributed by atoms with Gasteiger partial charge in [0, 0.05) is 43.5 Å². The number of rotatable bonds is 3. The van der Waals surface area contributed by atoms with Crippen LogP contribution >= 0.6 is 0 Å². The lowest BCUT2D eigenvalue weighted by Gasteiger charge is -2.27. The first-order chi connectivity index (χ1) is 10.1. The average Bonchev–Trinajstić information content (AvgIpc) is 2.48. The maximum atomic E-state index is 12.1. The van der Waals surface area contributed by atoms with Crippen molar-refractivity contribution >= 4 is 0 Å². The molecule has 0 amide bonds. The first-order valence-electron chi connectivity index (χ1n) is 7.36. The molecule has 0 radical (unpaired) electrons. The van der Waals surface area contributed by atoms with E-state index in [0.29, 0.717) is 0 Å². The number of H-pyrrole nitrogens is 1. The van der Waals surface area contributed by atoms with Gasteiger partial charge >= 0.3 is 0 Å². The van der Waals surface area contributed by atoms with Crippen LogP contribution in [0.5, 0.6) is 0 Å². The molecule has 1 N–H and O–H groups in total. The Bertz CT molecular complexity index is 678. The number of pyridine rings is 1. The molecule has 1 aliphatic rings. The number of nitrogens with zero attached hydrogens (tertiary/aromatic N) is 3. The number of fused-ring (bicyclic) bond motifs is 1. The van der Waals surface area contributed by atoms with E-state index in [9.17, 15) is 4.79 Å². The van der Waals surface area contributed by atoms with Crippen LogP contribution in [0.2, 0.25) is 0 Å². The van der Waals surface area contributed by atoms with E-state index in [-0.39, 0.29) is 11.5 Å². The standard InChI is InChI=1S/C16H20N4O/c1-11(2)15-18-14-10-20(7-5-13(14)16(21)19-15)9-12-4-3-6-17-8-12/h3-4,6,8,11H,5,7,9-10H2,1-2H3,(H,18,19,21). The zero-order chi connectivity index (χ0) is 14.8. The summed E-state index contributed by atoms with van der Waals surface area (Å²) in [5, 5.41) is 0. The molecule has 0 unspecified atom stereocenters. The molecule has 0 saturated carbocycles. The van der Waals surface area contributed by atoms with Gasteiger partial charge in [-0.05, 0) is 18.1 Å². The summed E-state index contributed by atoms with van der Waals surface area (Å²) >= 11 is 0. The van der Waals surface area contributed by atoms with E-state index in [1.165, 1.54) is 5.56 Å². The van der Waals surface area contributed by atoms with Crippen molar-refractivity contribution in [2.45, 2.75) is 39.3 Å². The molecule has 0 atom stereocenters. The molecule has 0 aromatic carbocycles. The predicted octanol–water partition coefficient (Wildman–Crippen LogP) is 1.85. The monoisotopic (exact) mass is 284 g/mol. The quantitative estimate of drug-likeness (QED) is 0.934. The summed E-state index contributed by atoms with van der Waals surface area (Å²) in [6.45, 7) is 6.54. The maximum absolute atomic E-state index is 12.1. The Labute approximate surface area is 124 Å². The smallest absolute Gasteiger partial charge is 0.254 e. The van der Waals surface area contributed by atoms with Crippen molar-refractivity contribution in [2.24, 2.45) is 0 Å². The van der Waals surface area contributed by atoms with E-state index in [4.69, 9.17) is 0 Å². The first kappa shape index (κ1) is 13.9. The van der Waals surface area contributed by atoms with Crippen LogP contribution in [0.25, 0.3) is 0 Å². The number of hydrogen-bond acceptors (Lipinski definition) is 4. The van der Waals surface area contributed by atoms with Crippen LogP contribution in [0.15, 0.2) is 29.3 Å². The zero-order valence-corrected chi connectivity index (χ0v) is 12.5. The van der Waals surface area contributed by atoms with Crippen molar-refractivity contribution < 1.29 is 0 Å². The van der Waals surface area contributed by atoms with Crippen LogP contribution in [0.1, 0.15) is 42.4 Å². The summed E-state index contributed by atoms with van der Waals surface area (Å²) < 4.78 is 0. The molecule has 0 spiro atoms. The molecule has 5 heteroatoms. The highest BCUT2D eigenvalue weighted by atomic mass is 16.1. The molecule has 3 rings (SSSR count). The lowest BCUT2D eigenvalue weighted by Crippen LogP contribution is -2.35. The van der Waals surface area contributed by atoms with Crippen molar-refractivity contribution in [1.29, 1.82) is 0 Å². The van der Waals surface area contributed by atoms with Crippen molar-refractivity contribution in [3.05, 3.63) is 57.5 Å². The lowest BCUT2D eigenvalue weighted by atomic mass is 10.0. The molecular formula is C16H20N4O. The molecule has 0 bridgehead atoms. The van der Waals surface area contributed by atoms with Gasteiger partial charge in [-0.2, -0.15) is 0 Å². The van der Waals surface area contributed by atoms with E-state index in [2.05, 4.69) is 25.9 Å². The molecule has 21 heavy (non-hydrogen) atoms. The first-order valence-corrected chi connectivity index (χ1v) is 7.36. The van der Waals surface area contributed by atoms with Gasteiger partial charge in [0.05, 0.1) is 5.69 Å². The summed E-state index contributed by atoms with van der Waals surface area (Å²) in [7, 11) is 0. The fourth-order valence-corrected chi connectivity index (χ4v) is 2.67. The average molecular weight is 284 g/mol. The number of hydrogen-bond donors (Lipinski definition) is 1. The van der Waals surface area contributed by atoms with Crippen molar-refractivity contribution in [2.75, 3.05) is 6.54 Å². The van der Waals surface area contributed by atoms with Crippen LogP contribution in [0.3, 0.4) is 0 Å². The SMILES string of the molecule is CC(C)c1nc2c(c(=O)[nH]1)CCN(Cc1cccnc1)C2. The minimum absolute atomic E-state index is 0.0322. The summed E-state index contributed by atoms with van der Waals surface area (Å²) in [5.74, 6) is 1.01. The molecule has 1 aliphatic heterocycles. The maximum Gasteiger partial charge on any atom is 0.254 e. The molecule has 0 saturated heterocycles. The Morgan fingerprint density at radius 3 is 3.00 bits per heavy atom. The van der Waals surface area contributed by atoms with Gasteiger partial charge in [-0.25, -0.2) is 4.98 Å². The number of aromatic amines is 1. The van der Waals surface area contributed by atoms with Crippen LogP contribution < -0.4 is 5.56 Å². The third-order valence-corrected chi connectivity index (χ3v) is 3.85. The van der Waals surface area contributed by atoms with Crippen LogP contribution in [0, 0.1) is 0 Å². The fraction of sp³-hybridized carbons (Fsp3) is 0.438. The van der Waals surface area contributed by atoms with Crippen LogP contribution in [0.4, 0.5) is 0 Å². The zero-order valence-electron chi connectivity index (χ0n) is 12.5. The van der Waals surface area contributed by atoms with Gasteiger partial charge in [0.15, 0.2) is 0 Å². The topological polar surface area (TPSA) is 61.9 Å². The highest BCUT2D eigenvalue weighted by Gasteiger charge is 2.21. The second kappa shape index (κ2) is 5.77. The summed E-state index contributed by atoms with van der Waals surface area (Å²) in [5.41, 5.74) is 3.00. The minimum atomic E-state index is 0.0322. The molecule has 0 aliphatic carbocycles. The van der Waals surface area contributed by atoms with Crippen LogP contribution in [-0.2, 0) is 19.5 Å². The second-order valence-electron chi connectivity index (χ2n) is 5.85. The number of aromatic nitrogens is 3. The summed E-state index contributed by atoms with van der Waals surface area (Å²) in [4.78, 5) is 26.2. The van der Waals surface area contributed by atoms with Gasteiger partial charge < -0.3 is 4.98 Å². The fourth-order valence-electron chi connectivity index (χ4n) is 2.67. The lowest BCUT2D eigenvalue weighted by molar-refractivity contribution is 0.239. The van der Waals surface area contributed by atoms with Gasteiger partial charge in [0.25, 0.3) is 5.56 Å². The van der Waals surface area contributed by atoms with Gasteiger partial charge in [0.2, 0.25) is 0 Å². The molecule has 110 valence electrons. The minimum Gasteiger partial charge on any atom is -0.310 e. The Morgan fingerprint density at radius 1 is 1.43 bits per heavy atom. The molecule has 0 fully saturated rings. The largest absolute Gasteiger partial charge is 0.310 e. The van der Waals surface area contributed by atoms with Gasteiger partial charge in [-0.1, -0.05) is 19.9 Å². The third kappa shape index (κ3) is 3.03. The Balaban J connectivity index is 1.83. The van der Waals surface area contributed by atoms with Gasteiger partial charge in [-0.15, -0.1) is 0 Å². The molecular weight excluding hydrogens is 264 g/mol. The Kier molecular flexibility index (Phi) is 3.84. The predicted molar refractivity (Wildman–Crippen MR) is 81.0 cm³/mol. The summed E-state index contributed by atoms with van der Waals surface area (Å²) in [6.07, 6.45) is 4.43. The van der Waals surface area contributed by atoms with Gasteiger partial charge in [0.1, 0.15) is 5.82 Å². The van der Waals surface area contributed by atoms with E-state index < -0.39 is 0 Å². The van der Waals surface area contributed by atoms with Crippen molar-refractivity contribution in [3.8, 4) is 0 Å². The molecule has 3 heterocycles. The summed E-state index contributed by atoms with van der Waals surface area (Å²) in [6, 6.07) is 4.03. The molecule has 2 aromatic heterocycles. The third-order valence-electron chi connectivity index (χ3n) is 3.85. The Hall–Kier alpha value is -2.01. The molecule has 5 nitrogen and oxygen atoms in total. The normalized spacial score (nSPS) is 15.2. The Morgan fingerprint density at radius 2 is 2.29 bits per heavy atom. The van der Waals surface area contributed by atoms with Crippen molar-refractivity contribution in [3.63, 3.8) is 0 Å².